The molecule has 5 nitrogen and oxygen atoms in total. The molecule has 0 aliphatic carbocycles. The molecule has 0 unspecified atom stereocenters. The number of amides is 1. The molecule has 0 bridgehead atoms. The van der Waals surface area contributed by atoms with Crippen molar-refractivity contribution in [3.63, 3.8) is 0 Å². The molecule has 126 valence electrons. The van der Waals surface area contributed by atoms with Crippen LogP contribution in [0.2, 0.25) is 0 Å². The molecule has 1 aromatic carbocycles. The van der Waals surface area contributed by atoms with Crippen LogP contribution in [0, 0.1) is 11.6 Å². The summed E-state index contributed by atoms with van der Waals surface area (Å²) >= 11 is 0. The van der Waals surface area contributed by atoms with Crippen molar-refractivity contribution in [1.29, 1.82) is 0 Å². The summed E-state index contributed by atoms with van der Waals surface area (Å²) in [6.45, 7) is 2.87. The Labute approximate surface area is 138 Å². The van der Waals surface area contributed by atoms with Gasteiger partial charge in [-0.25, -0.2) is 18.7 Å². The molecule has 0 atom stereocenters. The Hall–Kier alpha value is -2.57. The van der Waals surface area contributed by atoms with E-state index in [1.807, 2.05) is 6.92 Å². The first kappa shape index (κ1) is 16.3. The number of halogens is 2. The van der Waals surface area contributed by atoms with Gasteiger partial charge in [-0.2, -0.15) is 0 Å². The minimum Gasteiger partial charge on any atom is -0.350 e. The van der Waals surface area contributed by atoms with Crippen molar-refractivity contribution in [2.45, 2.75) is 19.4 Å². The molecule has 0 radical (unpaired) electrons. The lowest BCUT2D eigenvalue weighted by molar-refractivity contribution is -0.132. The third kappa shape index (κ3) is 2.93. The molecule has 7 heteroatoms. The second-order valence-corrected chi connectivity index (χ2v) is 5.78. The number of nitrogens with zero attached hydrogens (tertiary/aromatic N) is 4. The summed E-state index contributed by atoms with van der Waals surface area (Å²) < 4.78 is 27.8. The molecule has 1 aliphatic rings. The molecule has 1 aliphatic heterocycles. The van der Waals surface area contributed by atoms with Crippen LogP contribution in [0.4, 0.5) is 14.6 Å². The standard InChI is InChI=1S/C17H18F2N4O/c1-3-14(24)22(2)13-8-23(9-13)17-15(19)16(20-10-21-17)11-4-6-12(18)7-5-11/h4-7,10,13H,3,8-9H2,1-2H3. The van der Waals surface area contributed by atoms with Crippen LogP contribution in [-0.4, -0.2) is 47.0 Å². The van der Waals surface area contributed by atoms with Gasteiger partial charge < -0.3 is 9.80 Å². The zero-order chi connectivity index (χ0) is 17.3. The summed E-state index contributed by atoms with van der Waals surface area (Å²) in [4.78, 5) is 23.2. The van der Waals surface area contributed by atoms with Gasteiger partial charge in [0.2, 0.25) is 5.91 Å². The van der Waals surface area contributed by atoms with Crippen LogP contribution in [0.1, 0.15) is 13.3 Å². The van der Waals surface area contributed by atoms with Gasteiger partial charge in [-0.3, -0.25) is 4.79 Å². The fraction of sp³-hybridized carbons (Fsp3) is 0.353. The van der Waals surface area contributed by atoms with E-state index in [2.05, 4.69) is 9.97 Å². The number of anilines is 1. The Morgan fingerprint density at radius 1 is 1.25 bits per heavy atom. The van der Waals surface area contributed by atoms with E-state index in [9.17, 15) is 13.6 Å². The summed E-state index contributed by atoms with van der Waals surface area (Å²) in [7, 11) is 1.76. The SMILES string of the molecule is CCC(=O)N(C)C1CN(c2ncnc(-c3ccc(F)cc3)c2F)C1. The van der Waals surface area contributed by atoms with E-state index in [0.717, 1.165) is 0 Å². The lowest BCUT2D eigenvalue weighted by Gasteiger charge is -2.44. The molecule has 24 heavy (non-hydrogen) atoms. The first-order valence-corrected chi connectivity index (χ1v) is 7.78. The zero-order valence-corrected chi connectivity index (χ0v) is 13.5. The van der Waals surface area contributed by atoms with Crippen LogP contribution in [0.3, 0.4) is 0 Å². The Balaban J connectivity index is 1.78. The maximum absolute atomic E-state index is 14.7. The van der Waals surface area contributed by atoms with Gasteiger partial charge in [0.05, 0.1) is 6.04 Å². The molecule has 0 spiro atoms. The molecule has 1 fully saturated rings. The predicted octanol–water partition coefficient (Wildman–Crippen LogP) is 2.48. The quantitative estimate of drug-likeness (QED) is 0.863. The third-order valence-electron chi connectivity index (χ3n) is 4.29. The summed E-state index contributed by atoms with van der Waals surface area (Å²) in [5.41, 5.74) is 0.634. The third-order valence-corrected chi connectivity index (χ3v) is 4.29. The van der Waals surface area contributed by atoms with Crippen LogP contribution in [0.5, 0.6) is 0 Å². The predicted molar refractivity (Wildman–Crippen MR) is 86.4 cm³/mol. The first-order chi connectivity index (χ1) is 11.5. The first-order valence-electron chi connectivity index (χ1n) is 7.78. The summed E-state index contributed by atoms with van der Waals surface area (Å²) in [6.07, 6.45) is 1.74. The van der Waals surface area contributed by atoms with E-state index < -0.39 is 5.82 Å². The second-order valence-electron chi connectivity index (χ2n) is 5.78. The molecular formula is C17H18F2N4O. The van der Waals surface area contributed by atoms with Crippen molar-refractivity contribution >= 4 is 11.7 Å². The topological polar surface area (TPSA) is 49.3 Å². The normalized spacial score (nSPS) is 14.4. The van der Waals surface area contributed by atoms with Crippen LogP contribution in [0.15, 0.2) is 30.6 Å². The molecule has 0 N–H and O–H groups in total. The van der Waals surface area contributed by atoms with Crippen molar-refractivity contribution in [3.8, 4) is 11.3 Å². The number of benzene rings is 1. The molecule has 0 saturated carbocycles. The number of likely N-dealkylation sites (N-methyl/N-ethyl adjacent to an activating group) is 1. The maximum Gasteiger partial charge on any atom is 0.222 e. The van der Waals surface area contributed by atoms with Gasteiger partial charge in [-0.05, 0) is 24.3 Å². The lowest BCUT2D eigenvalue weighted by atomic mass is 10.1. The number of hydrogen-bond donors (Lipinski definition) is 0. The number of aromatic nitrogens is 2. The van der Waals surface area contributed by atoms with Crippen LogP contribution in [0.25, 0.3) is 11.3 Å². The van der Waals surface area contributed by atoms with E-state index in [1.54, 1.807) is 16.8 Å². The van der Waals surface area contributed by atoms with E-state index in [4.69, 9.17) is 0 Å². The highest BCUT2D eigenvalue weighted by Crippen LogP contribution is 2.29. The minimum absolute atomic E-state index is 0.0566. The van der Waals surface area contributed by atoms with Gasteiger partial charge >= 0.3 is 0 Å². The average molecular weight is 332 g/mol. The highest BCUT2D eigenvalue weighted by atomic mass is 19.1. The minimum atomic E-state index is -0.535. The molecule has 2 aromatic rings. The molecule has 1 saturated heterocycles. The van der Waals surface area contributed by atoms with Gasteiger partial charge in [0.15, 0.2) is 11.6 Å². The molecular weight excluding hydrogens is 314 g/mol. The van der Waals surface area contributed by atoms with Crippen molar-refractivity contribution in [1.82, 2.24) is 14.9 Å². The highest BCUT2D eigenvalue weighted by molar-refractivity contribution is 5.76. The highest BCUT2D eigenvalue weighted by Gasteiger charge is 2.34. The van der Waals surface area contributed by atoms with Gasteiger partial charge in [0.25, 0.3) is 0 Å². The van der Waals surface area contributed by atoms with Gasteiger partial charge in [0, 0.05) is 32.1 Å². The molecule has 2 heterocycles. The Morgan fingerprint density at radius 2 is 1.92 bits per heavy atom. The van der Waals surface area contributed by atoms with Crippen LogP contribution >= 0.6 is 0 Å². The lowest BCUT2D eigenvalue weighted by Crippen LogP contribution is -2.60. The molecule has 1 aromatic heterocycles. The fourth-order valence-corrected chi connectivity index (χ4v) is 2.72. The van der Waals surface area contributed by atoms with Crippen molar-refractivity contribution < 1.29 is 13.6 Å². The van der Waals surface area contributed by atoms with Gasteiger partial charge in [-0.15, -0.1) is 0 Å². The molecule has 3 rings (SSSR count). The fourth-order valence-electron chi connectivity index (χ4n) is 2.72. The van der Waals surface area contributed by atoms with E-state index in [1.165, 1.54) is 30.6 Å². The van der Waals surface area contributed by atoms with Crippen LogP contribution in [-0.2, 0) is 4.79 Å². The smallest absolute Gasteiger partial charge is 0.222 e. The van der Waals surface area contributed by atoms with E-state index in [0.29, 0.717) is 25.1 Å². The number of rotatable bonds is 4. The van der Waals surface area contributed by atoms with Crippen molar-refractivity contribution in [2.75, 3.05) is 25.0 Å². The number of carbonyl (C=O) groups excluding carboxylic acids is 1. The maximum atomic E-state index is 14.7. The largest absolute Gasteiger partial charge is 0.350 e. The average Bonchev–Trinajstić information content (AvgIpc) is 2.55. The summed E-state index contributed by atoms with van der Waals surface area (Å²) in [5, 5.41) is 0. The van der Waals surface area contributed by atoms with E-state index >= 15 is 0 Å². The number of hydrogen-bond acceptors (Lipinski definition) is 4. The monoisotopic (exact) mass is 332 g/mol. The van der Waals surface area contributed by atoms with Gasteiger partial charge in [0.1, 0.15) is 17.8 Å². The summed E-state index contributed by atoms with van der Waals surface area (Å²) in [6, 6.07) is 5.55. The Kier molecular flexibility index (Phi) is 4.42. The van der Waals surface area contributed by atoms with Crippen molar-refractivity contribution in [2.24, 2.45) is 0 Å². The van der Waals surface area contributed by atoms with E-state index in [-0.39, 0.29) is 29.3 Å². The van der Waals surface area contributed by atoms with Crippen molar-refractivity contribution in [3.05, 3.63) is 42.2 Å². The van der Waals surface area contributed by atoms with Gasteiger partial charge in [-0.1, -0.05) is 6.92 Å². The Bertz CT molecular complexity index is 745. The Morgan fingerprint density at radius 3 is 2.54 bits per heavy atom. The molecule has 1 amide bonds. The second kappa shape index (κ2) is 6.51. The zero-order valence-electron chi connectivity index (χ0n) is 13.5. The summed E-state index contributed by atoms with van der Waals surface area (Å²) in [5.74, 6) is -0.651. The van der Waals surface area contributed by atoms with Crippen LogP contribution < -0.4 is 4.90 Å². The number of carbonyl (C=O) groups is 1.